The van der Waals surface area contributed by atoms with E-state index in [9.17, 15) is 0 Å². The van der Waals surface area contributed by atoms with Crippen molar-refractivity contribution in [2.24, 2.45) is 0 Å². The summed E-state index contributed by atoms with van der Waals surface area (Å²) in [5.74, 6) is 1.17. The van der Waals surface area contributed by atoms with Crippen LogP contribution in [0.2, 0.25) is 0 Å². The van der Waals surface area contributed by atoms with Crippen LogP contribution in [0.3, 0.4) is 0 Å². The van der Waals surface area contributed by atoms with E-state index in [1.54, 1.807) is 0 Å². The zero-order valence-corrected chi connectivity index (χ0v) is 10.2. The van der Waals surface area contributed by atoms with Crippen LogP contribution in [0.4, 0.5) is 5.82 Å². The predicted molar refractivity (Wildman–Crippen MR) is 70.8 cm³/mol. The monoisotopic (exact) mass is 243 g/mol. The summed E-state index contributed by atoms with van der Waals surface area (Å²) in [6.07, 6.45) is 2.07. The number of ether oxygens (including phenoxy) is 1. The second kappa shape index (κ2) is 4.82. The van der Waals surface area contributed by atoms with Crippen LogP contribution in [0.25, 0.3) is 5.69 Å². The number of hydrogen-bond acceptors (Lipinski definition) is 3. The highest BCUT2D eigenvalue weighted by Gasteiger charge is 2.19. The third kappa shape index (κ3) is 2.11. The van der Waals surface area contributed by atoms with E-state index in [2.05, 4.69) is 5.10 Å². The molecule has 18 heavy (non-hydrogen) atoms. The standard InChI is InChI=1S/C14H17N3O/c15-14-10-13(11-6-8-18-9-7-11)16-17(14)12-4-2-1-3-5-12/h1-5,10-11H,6-9,15H2. The quantitative estimate of drug-likeness (QED) is 0.880. The molecule has 0 unspecified atom stereocenters. The fourth-order valence-electron chi connectivity index (χ4n) is 2.38. The molecular weight excluding hydrogens is 226 g/mol. The molecule has 2 heterocycles. The molecule has 1 aliphatic heterocycles. The Balaban J connectivity index is 1.91. The number of para-hydroxylation sites is 1. The van der Waals surface area contributed by atoms with Gasteiger partial charge in [0.15, 0.2) is 0 Å². The van der Waals surface area contributed by atoms with E-state index < -0.39 is 0 Å². The van der Waals surface area contributed by atoms with Gasteiger partial charge in [-0.2, -0.15) is 5.10 Å². The van der Waals surface area contributed by atoms with Gasteiger partial charge in [0.2, 0.25) is 0 Å². The third-order valence-corrected chi connectivity index (χ3v) is 3.40. The third-order valence-electron chi connectivity index (χ3n) is 3.40. The predicted octanol–water partition coefficient (Wildman–Crippen LogP) is 2.35. The number of anilines is 1. The van der Waals surface area contributed by atoms with Crippen molar-refractivity contribution in [2.75, 3.05) is 18.9 Å². The fourth-order valence-corrected chi connectivity index (χ4v) is 2.38. The molecule has 0 amide bonds. The number of nitrogens with zero attached hydrogens (tertiary/aromatic N) is 2. The molecule has 1 aliphatic rings. The lowest BCUT2D eigenvalue weighted by atomic mass is 9.97. The second-order valence-corrected chi connectivity index (χ2v) is 4.63. The lowest BCUT2D eigenvalue weighted by molar-refractivity contribution is 0.0844. The van der Waals surface area contributed by atoms with Gasteiger partial charge in [0.1, 0.15) is 5.82 Å². The Bertz CT molecular complexity index is 515. The molecule has 94 valence electrons. The minimum atomic E-state index is 0.478. The van der Waals surface area contributed by atoms with Crippen LogP contribution >= 0.6 is 0 Å². The van der Waals surface area contributed by atoms with E-state index in [-0.39, 0.29) is 0 Å². The maximum absolute atomic E-state index is 6.05. The Kier molecular flexibility index (Phi) is 3.02. The fraction of sp³-hybridized carbons (Fsp3) is 0.357. The van der Waals surface area contributed by atoms with Crippen molar-refractivity contribution in [3.63, 3.8) is 0 Å². The van der Waals surface area contributed by atoms with Gasteiger partial charge in [-0.1, -0.05) is 18.2 Å². The molecule has 1 saturated heterocycles. The van der Waals surface area contributed by atoms with E-state index in [0.717, 1.165) is 37.4 Å². The molecular formula is C14H17N3O. The minimum Gasteiger partial charge on any atom is -0.384 e. The average molecular weight is 243 g/mol. The van der Waals surface area contributed by atoms with Crippen molar-refractivity contribution in [3.8, 4) is 5.69 Å². The molecule has 0 aliphatic carbocycles. The second-order valence-electron chi connectivity index (χ2n) is 4.63. The first-order valence-corrected chi connectivity index (χ1v) is 6.33. The zero-order valence-electron chi connectivity index (χ0n) is 10.2. The molecule has 2 N–H and O–H groups in total. The summed E-state index contributed by atoms with van der Waals surface area (Å²) in [5.41, 5.74) is 8.14. The van der Waals surface area contributed by atoms with Crippen molar-refractivity contribution < 1.29 is 4.74 Å². The average Bonchev–Trinajstić information content (AvgIpc) is 2.83. The molecule has 0 atom stereocenters. The number of rotatable bonds is 2. The molecule has 1 fully saturated rings. The molecule has 4 nitrogen and oxygen atoms in total. The van der Waals surface area contributed by atoms with E-state index in [0.29, 0.717) is 11.7 Å². The Morgan fingerprint density at radius 3 is 2.61 bits per heavy atom. The summed E-state index contributed by atoms with van der Waals surface area (Å²) >= 11 is 0. The topological polar surface area (TPSA) is 53.1 Å². The highest BCUT2D eigenvalue weighted by Crippen LogP contribution is 2.28. The first kappa shape index (κ1) is 11.3. The van der Waals surface area contributed by atoms with Gasteiger partial charge < -0.3 is 10.5 Å². The number of nitrogens with two attached hydrogens (primary N) is 1. The van der Waals surface area contributed by atoms with Gasteiger partial charge in [-0.25, -0.2) is 4.68 Å². The summed E-state index contributed by atoms with van der Waals surface area (Å²) in [5, 5.41) is 4.64. The number of nitrogen functional groups attached to an aromatic ring is 1. The smallest absolute Gasteiger partial charge is 0.127 e. The zero-order chi connectivity index (χ0) is 12.4. The van der Waals surface area contributed by atoms with Crippen LogP contribution in [-0.2, 0) is 4.74 Å². The first-order valence-electron chi connectivity index (χ1n) is 6.33. The van der Waals surface area contributed by atoms with E-state index in [1.807, 2.05) is 41.1 Å². The van der Waals surface area contributed by atoms with E-state index >= 15 is 0 Å². The van der Waals surface area contributed by atoms with Crippen molar-refractivity contribution in [3.05, 3.63) is 42.1 Å². The highest BCUT2D eigenvalue weighted by atomic mass is 16.5. The molecule has 1 aromatic heterocycles. The Morgan fingerprint density at radius 2 is 1.89 bits per heavy atom. The van der Waals surface area contributed by atoms with Gasteiger partial charge in [-0.05, 0) is 25.0 Å². The van der Waals surface area contributed by atoms with Crippen molar-refractivity contribution >= 4 is 5.82 Å². The summed E-state index contributed by atoms with van der Waals surface area (Å²) in [6.45, 7) is 1.64. The number of benzene rings is 1. The minimum absolute atomic E-state index is 0.478. The van der Waals surface area contributed by atoms with Gasteiger partial charge >= 0.3 is 0 Å². The van der Waals surface area contributed by atoms with Crippen molar-refractivity contribution in [1.82, 2.24) is 9.78 Å². The largest absolute Gasteiger partial charge is 0.384 e. The molecule has 2 aromatic rings. The van der Waals surface area contributed by atoms with E-state index in [4.69, 9.17) is 10.5 Å². The van der Waals surface area contributed by atoms with Crippen LogP contribution < -0.4 is 5.73 Å². The Hall–Kier alpha value is -1.81. The summed E-state index contributed by atoms with van der Waals surface area (Å²) in [6, 6.07) is 12.0. The van der Waals surface area contributed by atoms with Gasteiger partial charge in [0.25, 0.3) is 0 Å². The first-order chi connectivity index (χ1) is 8.84. The number of aromatic nitrogens is 2. The Morgan fingerprint density at radius 1 is 1.17 bits per heavy atom. The normalized spacial score (nSPS) is 16.9. The van der Waals surface area contributed by atoms with Crippen LogP contribution in [0.1, 0.15) is 24.5 Å². The molecule has 3 rings (SSSR count). The summed E-state index contributed by atoms with van der Waals surface area (Å²) in [4.78, 5) is 0. The van der Waals surface area contributed by atoms with Crippen LogP contribution in [0.5, 0.6) is 0 Å². The molecule has 0 saturated carbocycles. The van der Waals surface area contributed by atoms with Crippen LogP contribution in [0.15, 0.2) is 36.4 Å². The lowest BCUT2D eigenvalue weighted by Crippen LogP contribution is -2.14. The van der Waals surface area contributed by atoms with Crippen LogP contribution in [-0.4, -0.2) is 23.0 Å². The maximum atomic E-state index is 6.05. The van der Waals surface area contributed by atoms with Crippen molar-refractivity contribution in [2.45, 2.75) is 18.8 Å². The highest BCUT2D eigenvalue weighted by molar-refractivity contribution is 5.43. The lowest BCUT2D eigenvalue weighted by Gasteiger charge is -2.19. The van der Waals surface area contributed by atoms with Gasteiger partial charge in [0.05, 0.1) is 11.4 Å². The molecule has 0 radical (unpaired) electrons. The van der Waals surface area contributed by atoms with Crippen LogP contribution in [0, 0.1) is 0 Å². The van der Waals surface area contributed by atoms with Gasteiger partial charge in [-0.15, -0.1) is 0 Å². The molecule has 4 heteroatoms. The summed E-state index contributed by atoms with van der Waals surface area (Å²) < 4.78 is 7.19. The maximum Gasteiger partial charge on any atom is 0.127 e. The Labute approximate surface area is 106 Å². The molecule has 1 aromatic carbocycles. The molecule has 0 spiro atoms. The van der Waals surface area contributed by atoms with Crippen molar-refractivity contribution in [1.29, 1.82) is 0 Å². The molecule has 0 bridgehead atoms. The van der Waals surface area contributed by atoms with Gasteiger partial charge in [-0.3, -0.25) is 0 Å². The van der Waals surface area contributed by atoms with Gasteiger partial charge in [0, 0.05) is 25.2 Å². The SMILES string of the molecule is Nc1cc(C2CCOCC2)nn1-c1ccccc1. The number of hydrogen-bond donors (Lipinski definition) is 1. The summed E-state index contributed by atoms with van der Waals surface area (Å²) in [7, 11) is 0. The van der Waals surface area contributed by atoms with E-state index in [1.165, 1.54) is 0 Å².